The Kier molecular flexibility index (Phi) is 5.83. The standard InChI is InChI=1S/C15H19ClN2OS/c1-18(2)9-5-7-12-6-3-4-8-14(12)19-11-13-10-17-15(16)20-13/h3-4,6,8,10H,5,7,9,11H2,1-2H3. The number of hydrogen-bond acceptors (Lipinski definition) is 4. The Bertz CT molecular complexity index is 542. The number of thiazole rings is 1. The molecule has 2 rings (SSSR count). The topological polar surface area (TPSA) is 25.4 Å². The number of rotatable bonds is 7. The van der Waals surface area contributed by atoms with E-state index in [0.29, 0.717) is 11.1 Å². The molecule has 1 aromatic carbocycles. The lowest BCUT2D eigenvalue weighted by Gasteiger charge is -2.12. The van der Waals surface area contributed by atoms with Crippen LogP contribution in [-0.4, -0.2) is 30.5 Å². The molecule has 0 N–H and O–H groups in total. The maximum Gasteiger partial charge on any atom is 0.183 e. The third-order valence-corrected chi connectivity index (χ3v) is 4.01. The first-order chi connectivity index (χ1) is 9.65. The maximum atomic E-state index is 5.89. The van der Waals surface area contributed by atoms with Crippen molar-refractivity contribution in [2.45, 2.75) is 19.4 Å². The van der Waals surface area contributed by atoms with Crippen LogP contribution in [0.5, 0.6) is 5.75 Å². The van der Waals surface area contributed by atoms with E-state index in [9.17, 15) is 0 Å². The summed E-state index contributed by atoms with van der Waals surface area (Å²) in [7, 11) is 4.19. The molecule has 0 aliphatic heterocycles. The van der Waals surface area contributed by atoms with E-state index in [1.165, 1.54) is 16.9 Å². The predicted molar refractivity (Wildman–Crippen MR) is 84.8 cm³/mol. The first kappa shape index (κ1) is 15.3. The molecule has 0 amide bonds. The van der Waals surface area contributed by atoms with Gasteiger partial charge < -0.3 is 9.64 Å². The van der Waals surface area contributed by atoms with Gasteiger partial charge in [-0.05, 0) is 45.1 Å². The molecule has 2 aromatic rings. The molecule has 3 nitrogen and oxygen atoms in total. The van der Waals surface area contributed by atoms with Gasteiger partial charge in [0.25, 0.3) is 0 Å². The number of nitrogens with zero attached hydrogens (tertiary/aromatic N) is 2. The average Bonchev–Trinajstić information content (AvgIpc) is 2.83. The van der Waals surface area contributed by atoms with Crippen LogP contribution in [0.4, 0.5) is 0 Å². The lowest BCUT2D eigenvalue weighted by atomic mass is 10.1. The molecule has 108 valence electrons. The Morgan fingerprint density at radius 2 is 2.10 bits per heavy atom. The van der Waals surface area contributed by atoms with E-state index in [0.717, 1.165) is 30.0 Å². The van der Waals surface area contributed by atoms with Crippen LogP contribution in [0.3, 0.4) is 0 Å². The van der Waals surface area contributed by atoms with Gasteiger partial charge >= 0.3 is 0 Å². The fourth-order valence-corrected chi connectivity index (χ4v) is 2.83. The third-order valence-electron chi connectivity index (χ3n) is 2.92. The molecule has 1 heterocycles. The lowest BCUT2D eigenvalue weighted by Crippen LogP contribution is -2.13. The molecule has 0 unspecified atom stereocenters. The van der Waals surface area contributed by atoms with Crippen molar-refractivity contribution in [2.75, 3.05) is 20.6 Å². The Morgan fingerprint density at radius 1 is 1.30 bits per heavy atom. The molecule has 0 saturated carbocycles. The lowest BCUT2D eigenvalue weighted by molar-refractivity contribution is 0.305. The molecule has 20 heavy (non-hydrogen) atoms. The van der Waals surface area contributed by atoms with E-state index >= 15 is 0 Å². The first-order valence-corrected chi connectivity index (χ1v) is 7.80. The van der Waals surface area contributed by atoms with E-state index in [4.69, 9.17) is 16.3 Å². The molecular formula is C15H19ClN2OS. The highest BCUT2D eigenvalue weighted by Crippen LogP contribution is 2.23. The Morgan fingerprint density at radius 3 is 2.80 bits per heavy atom. The molecular weight excluding hydrogens is 292 g/mol. The predicted octanol–water partition coefficient (Wildman–Crippen LogP) is 3.87. The maximum absolute atomic E-state index is 5.89. The molecule has 0 fully saturated rings. The van der Waals surface area contributed by atoms with Gasteiger partial charge in [0.2, 0.25) is 0 Å². The summed E-state index contributed by atoms with van der Waals surface area (Å²) >= 11 is 7.28. The van der Waals surface area contributed by atoms with E-state index < -0.39 is 0 Å². The fourth-order valence-electron chi connectivity index (χ4n) is 1.94. The number of halogens is 1. The SMILES string of the molecule is CN(C)CCCc1ccccc1OCc1cnc(Cl)s1. The zero-order chi connectivity index (χ0) is 14.4. The van der Waals surface area contributed by atoms with Gasteiger partial charge in [-0.25, -0.2) is 4.98 Å². The number of para-hydroxylation sites is 1. The van der Waals surface area contributed by atoms with Crippen molar-refractivity contribution in [3.05, 3.63) is 45.4 Å². The summed E-state index contributed by atoms with van der Waals surface area (Å²) in [6.45, 7) is 1.61. The van der Waals surface area contributed by atoms with Crippen molar-refractivity contribution >= 4 is 22.9 Å². The van der Waals surface area contributed by atoms with Crippen LogP contribution in [0.1, 0.15) is 16.9 Å². The second-order valence-corrected chi connectivity index (χ2v) is 6.58. The van der Waals surface area contributed by atoms with Crippen molar-refractivity contribution in [1.82, 2.24) is 9.88 Å². The fraction of sp³-hybridized carbons (Fsp3) is 0.400. The van der Waals surface area contributed by atoms with Gasteiger partial charge in [0.15, 0.2) is 4.47 Å². The zero-order valence-corrected chi connectivity index (χ0v) is 13.4. The van der Waals surface area contributed by atoms with Gasteiger partial charge in [0, 0.05) is 6.20 Å². The normalized spacial score (nSPS) is 11.0. The van der Waals surface area contributed by atoms with Gasteiger partial charge in [-0.2, -0.15) is 0 Å². The van der Waals surface area contributed by atoms with E-state index in [2.05, 4.69) is 36.1 Å². The minimum absolute atomic E-state index is 0.523. The van der Waals surface area contributed by atoms with Crippen molar-refractivity contribution in [3.8, 4) is 5.75 Å². The molecule has 0 bridgehead atoms. The first-order valence-electron chi connectivity index (χ1n) is 6.61. The Balaban J connectivity index is 1.93. The van der Waals surface area contributed by atoms with Crippen LogP contribution < -0.4 is 4.74 Å². The summed E-state index contributed by atoms with van der Waals surface area (Å²) in [5.41, 5.74) is 1.25. The minimum Gasteiger partial charge on any atom is -0.488 e. The molecule has 0 atom stereocenters. The highest BCUT2D eigenvalue weighted by Gasteiger charge is 2.05. The van der Waals surface area contributed by atoms with Crippen LogP contribution in [0.15, 0.2) is 30.5 Å². The second-order valence-electron chi connectivity index (χ2n) is 4.88. The summed E-state index contributed by atoms with van der Waals surface area (Å²) in [6.07, 6.45) is 3.92. The third kappa shape index (κ3) is 4.78. The van der Waals surface area contributed by atoms with Crippen molar-refractivity contribution < 1.29 is 4.74 Å². The molecule has 0 aliphatic carbocycles. The van der Waals surface area contributed by atoms with Gasteiger partial charge in [-0.3, -0.25) is 0 Å². The summed E-state index contributed by atoms with van der Waals surface area (Å²) < 4.78 is 6.45. The zero-order valence-electron chi connectivity index (χ0n) is 11.8. The molecule has 1 aromatic heterocycles. The van der Waals surface area contributed by atoms with E-state index in [1.807, 2.05) is 12.1 Å². The van der Waals surface area contributed by atoms with Crippen molar-refractivity contribution in [2.24, 2.45) is 0 Å². The number of benzene rings is 1. The van der Waals surface area contributed by atoms with E-state index in [-0.39, 0.29) is 0 Å². The molecule has 0 spiro atoms. The summed E-state index contributed by atoms with van der Waals surface area (Å²) in [5.74, 6) is 0.954. The molecule has 0 aliphatic rings. The van der Waals surface area contributed by atoms with Gasteiger partial charge in [-0.15, -0.1) is 11.3 Å². The largest absolute Gasteiger partial charge is 0.488 e. The van der Waals surface area contributed by atoms with Crippen LogP contribution in [0, 0.1) is 0 Å². The van der Waals surface area contributed by atoms with Crippen LogP contribution in [0.25, 0.3) is 0 Å². The van der Waals surface area contributed by atoms with Gasteiger partial charge in [-0.1, -0.05) is 29.8 Å². The highest BCUT2D eigenvalue weighted by atomic mass is 35.5. The van der Waals surface area contributed by atoms with E-state index in [1.54, 1.807) is 6.20 Å². The smallest absolute Gasteiger partial charge is 0.183 e. The molecule has 0 radical (unpaired) electrons. The highest BCUT2D eigenvalue weighted by molar-refractivity contribution is 7.15. The van der Waals surface area contributed by atoms with Gasteiger partial charge in [0.1, 0.15) is 12.4 Å². The summed E-state index contributed by atoms with van der Waals surface area (Å²) in [6, 6.07) is 8.21. The Labute approximate surface area is 129 Å². The second kappa shape index (κ2) is 7.62. The van der Waals surface area contributed by atoms with Crippen LogP contribution in [-0.2, 0) is 13.0 Å². The Hall–Kier alpha value is -1.10. The quantitative estimate of drug-likeness (QED) is 0.776. The number of hydrogen-bond donors (Lipinski definition) is 0. The number of ether oxygens (including phenoxy) is 1. The summed E-state index contributed by atoms with van der Waals surface area (Å²) in [4.78, 5) is 7.26. The monoisotopic (exact) mass is 310 g/mol. The minimum atomic E-state index is 0.523. The van der Waals surface area contributed by atoms with Crippen LogP contribution >= 0.6 is 22.9 Å². The van der Waals surface area contributed by atoms with Gasteiger partial charge in [0.05, 0.1) is 4.88 Å². The van der Waals surface area contributed by atoms with Crippen molar-refractivity contribution in [1.29, 1.82) is 0 Å². The number of aryl methyl sites for hydroxylation is 1. The molecule has 0 saturated heterocycles. The number of aromatic nitrogens is 1. The summed E-state index contributed by atoms with van der Waals surface area (Å²) in [5, 5.41) is 0. The average molecular weight is 311 g/mol. The van der Waals surface area contributed by atoms with Crippen LogP contribution in [0.2, 0.25) is 4.47 Å². The van der Waals surface area contributed by atoms with Crippen molar-refractivity contribution in [3.63, 3.8) is 0 Å². The molecule has 5 heteroatoms.